The van der Waals surface area contributed by atoms with Gasteiger partial charge in [0.05, 0.1) is 7.11 Å². The Kier molecular flexibility index (Phi) is 6.94. The molecular weight excluding hydrogens is 304 g/mol. The molecule has 6 heteroatoms. The van der Waals surface area contributed by atoms with Crippen LogP contribution in [0, 0.1) is 5.41 Å². The molecule has 0 unspecified atom stereocenters. The molecule has 1 heterocycles. The van der Waals surface area contributed by atoms with E-state index in [2.05, 4.69) is 10.2 Å². The van der Waals surface area contributed by atoms with E-state index >= 15 is 0 Å². The Morgan fingerprint density at radius 2 is 1.95 bits per heavy atom. The first kappa shape index (κ1) is 19.0. The molecule has 3 N–H and O–H groups in total. The molecule has 0 bridgehead atoms. The largest absolute Gasteiger partial charge is 0.508 e. The fraction of sp³-hybridized carbons (Fsp3) is 0.625. The molecule has 0 amide bonds. The molecule has 5 nitrogen and oxygen atoms in total. The highest BCUT2D eigenvalue weighted by Gasteiger charge is 2.37. The number of aliphatic hydroxyl groups excluding tert-OH is 1. The van der Waals surface area contributed by atoms with E-state index in [4.69, 9.17) is 4.74 Å². The Hall–Kier alpha value is -1.01. The molecule has 0 aliphatic carbocycles. The van der Waals surface area contributed by atoms with Gasteiger partial charge in [-0.25, -0.2) is 0 Å². The molecule has 126 valence electrons. The Morgan fingerprint density at radius 1 is 1.32 bits per heavy atom. The average molecular weight is 331 g/mol. The number of benzene rings is 1. The summed E-state index contributed by atoms with van der Waals surface area (Å²) < 4.78 is 5.29. The third kappa shape index (κ3) is 4.04. The second-order valence-corrected chi connectivity index (χ2v) is 6.26. The van der Waals surface area contributed by atoms with Crippen LogP contribution in [0.5, 0.6) is 11.5 Å². The second-order valence-electron chi connectivity index (χ2n) is 6.26. The average Bonchev–Trinajstić information content (AvgIpc) is 2.50. The molecule has 0 radical (unpaired) electrons. The number of halogens is 1. The van der Waals surface area contributed by atoms with Crippen molar-refractivity contribution in [2.24, 2.45) is 5.41 Å². The standard InChI is InChI=1S/C16H26N2O3.ClH/c1-16(2,11-19)15(18-8-6-17-7-9-18)13-10-12(21-3)4-5-14(13)20;/h4-5,10,15,17,19-20H,6-9,11H2,1-3H3;1H/t15-;/m1./s1. The number of piperazine rings is 1. The van der Waals surface area contributed by atoms with Crippen LogP contribution >= 0.6 is 12.4 Å². The number of hydrogen-bond donors (Lipinski definition) is 3. The molecule has 1 aliphatic rings. The molecular formula is C16H27ClN2O3. The van der Waals surface area contributed by atoms with Gasteiger partial charge in [0.15, 0.2) is 0 Å². The molecule has 0 aromatic heterocycles. The van der Waals surface area contributed by atoms with Crippen molar-refractivity contribution in [1.82, 2.24) is 10.2 Å². The van der Waals surface area contributed by atoms with Crippen molar-refractivity contribution in [2.75, 3.05) is 39.9 Å². The molecule has 22 heavy (non-hydrogen) atoms. The zero-order valence-electron chi connectivity index (χ0n) is 13.5. The summed E-state index contributed by atoms with van der Waals surface area (Å²) in [4.78, 5) is 2.32. The number of hydrogen-bond acceptors (Lipinski definition) is 5. The van der Waals surface area contributed by atoms with E-state index in [1.54, 1.807) is 19.2 Å². The Balaban J connectivity index is 0.00000242. The maximum Gasteiger partial charge on any atom is 0.120 e. The number of aromatic hydroxyl groups is 1. The first-order valence-corrected chi connectivity index (χ1v) is 7.42. The van der Waals surface area contributed by atoms with Gasteiger partial charge in [-0.1, -0.05) is 13.8 Å². The smallest absolute Gasteiger partial charge is 0.120 e. The fourth-order valence-electron chi connectivity index (χ4n) is 3.02. The van der Waals surface area contributed by atoms with Crippen LogP contribution in [0.15, 0.2) is 18.2 Å². The zero-order chi connectivity index (χ0) is 15.5. The molecule has 0 spiro atoms. The van der Waals surface area contributed by atoms with Gasteiger partial charge >= 0.3 is 0 Å². The fourth-order valence-corrected chi connectivity index (χ4v) is 3.02. The van der Waals surface area contributed by atoms with Gasteiger partial charge in [-0.05, 0) is 18.2 Å². The first-order chi connectivity index (χ1) is 9.99. The van der Waals surface area contributed by atoms with E-state index in [0.717, 1.165) is 37.5 Å². The summed E-state index contributed by atoms with van der Waals surface area (Å²) in [7, 11) is 1.62. The van der Waals surface area contributed by atoms with Gasteiger partial charge < -0.3 is 20.3 Å². The summed E-state index contributed by atoms with van der Waals surface area (Å²) in [6, 6.07) is 5.23. The highest BCUT2D eigenvalue weighted by atomic mass is 35.5. The molecule has 1 aliphatic heterocycles. The van der Waals surface area contributed by atoms with Crippen LogP contribution in [0.3, 0.4) is 0 Å². The number of rotatable bonds is 5. The molecule has 1 atom stereocenters. The number of aliphatic hydroxyl groups is 1. The van der Waals surface area contributed by atoms with Gasteiger partial charge in [0.1, 0.15) is 11.5 Å². The lowest BCUT2D eigenvalue weighted by Gasteiger charge is -2.43. The minimum Gasteiger partial charge on any atom is -0.508 e. The van der Waals surface area contributed by atoms with Gasteiger partial charge in [-0.3, -0.25) is 4.90 Å². The molecule has 1 saturated heterocycles. The van der Waals surface area contributed by atoms with E-state index in [0.29, 0.717) is 0 Å². The number of methoxy groups -OCH3 is 1. The summed E-state index contributed by atoms with van der Waals surface area (Å²) >= 11 is 0. The number of ether oxygens (including phenoxy) is 1. The summed E-state index contributed by atoms with van der Waals surface area (Å²) in [6.07, 6.45) is 0. The predicted octanol–water partition coefficient (Wildman–Crippen LogP) is 1.79. The van der Waals surface area contributed by atoms with Crippen molar-refractivity contribution < 1.29 is 14.9 Å². The maximum atomic E-state index is 10.3. The van der Waals surface area contributed by atoms with Gasteiger partial charge in [-0.2, -0.15) is 0 Å². The quantitative estimate of drug-likeness (QED) is 0.768. The lowest BCUT2D eigenvalue weighted by Crippen LogP contribution is -2.49. The van der Waals surface area contributed by atoms with Crippen molar-refractivity contribution in [3.63, 3.8) is 0 Å². The van der Waals surface area contributed by atoms with Crippen LogP contribution in [0.25, 0.3) is 0 Å². The van der Waals surface area contributed by atoms with Crippen molar-refractivity contribution in [3.05, 3.63) is 23.8 Å². The summed E-state index contributed by atoms with van der Waals surface area (Å²) in [5.74, 6) is 0.970. The number of nitrogens with one attached hydrogen (secondary N) is 1. The van der Waals surface area contributed by atoms with Crippen molar-refractivity contribution >= 4 is 12.4 Å². The van der Waals surface area contributed by atoms with Crippen molar-refractivity contribution in [2.45, 2.75) is 19.9 Å². The molecule has 1 fully saturated rings. The molecule has 0 saturated carbocycles. The third-order valence-corrected chi connectivity index (χ3v) is 4.19. The van der Waals surface area contributed by atoms with Crippen molar-refractivity contribution in [3.8, 4) is 11.5 Å². The molecule has 1 aromatic carbocycles. The topological polar surface area (TPSA) is 65.0 Å². The van der Waals surface area contributed by atoms with Gasteiger partial charge in [0.2, 0.25) is 0 Å². The number of nitrogens with zero attached hydrogens (tertiary/aromatic N) is 1. The highest BCUT2D eigenvalue weighted by molar-refractivity contribution is 5.85. The third-order valence-electron chi connectivity index (χ3n) is 4.19. The van der Waals surface area contributed by atoms with E-state index < -0.39 is 0 Å². The van der Waals surface area contributed by atoms with Crippen LogP contribution in [-0.4, -0.2) is 55.0 Å². The molecule has 1 aromatic rings. The predicted molar refractivity (Wildman–Crippen MR) is 90.0 cm³/mol. The normalized spacial score (nSPS) is 17.6. The lowest BCUT2D eigenvalue weighted by atomic mass is 9.79. The van der Waals surface area contributed by atoms with Crippen LogP contribution in [-0.2, 0) is 0 Å². The Morgan fingerprint density at radius 3 is 2.50 bits per heavy atom. The highest BCUT2D eigenvalue weighted by Crippen LogP contribution is 2.42. The maximum absolute atomic E-state index is 10.3. The monoisotopic (exact) mass is 330 g/mol. The minimum absolute atomic E-state index is 0. The summed E-state index contributed by atoms with van der Waals surface area (Å²) in [5, 5.41) is 23.5. The lowest BCUT2D eigenvalue weighted by molar-refractivity contribution is 0.0292. The SMILES string of the molecule is COc1ccc(O)c([C@@H](N2CCNCC2)C(C)(C)CO)c1.Cl. The van der Waals surface area contributed by atoms with Crippen LogP contribution in [0.2, 0.25) is 0 Å². The van der Waals surface area contributed by atoms with Crippen LogP contribution < -0.4 is 10.1 Å². The second kappa shape index (κ2) is 8.02. The van der Waals surface area contributed by atoms with Crippen LogP contribution in [0.4, 0.5) is 0 Å². The number of phenols is 1. The van der Waals surface area contributed by atoms with Gasteiger partial charge in [0, 0.05) is 49.8 Å². The summed E-state index contributed by atoms with van der Waals surface area (Å²) in [6.45, 7) is 7.73. The van der Waals surface area contributed by atoms with Gasteiger partial charge in [0.25, 0.3) is 0 Å². The van der Waals surface area contributed by atoms with E-state index in [-0.39, 0.29) is 36.2 Å². The summed E-state index contributed by atoms with van der Waals surface area (Å²) in [5.41, 5.74) is 0.455. The van der Waals surface area contributed by atoms with E-state index in [9.17, 15) is 10.2 Å². The van der Waals surface area contributed by atoms with Gasteiger partial charge in [-0.15, -0.1) is 12.4 Å². The number of phenolic OH excluding ortho intramolecular Hbond substituents is 1. The Bertz CT molecular complexity index is 476. The van der Waals surface area contributed by atoms with Crippen LogP contribution in [0.1, 0.15) is 25.5 Å². The minimum atomic E-state index is -0.360. The zero-order valence-corrected chi connectivity index (χ0v) is 14.3. The van der Waals surface area contributed by atoms with E-state index in [1.165, 1.54) is 0 Å². The first-order valence-electron chi connectivity index (χ1n) is 7.42. The van der Waals surface area contributed by atoms with E-state index in [1.807, 2.05) is 19.9 Å². The Labute approximate surface area is 138 Å². The molecule has 2 rings (SSSR count). The van der Waals surface area contributed by atoms with Crippen molar-refractivity contribution in [1.29, 1.82) is 0 Å².